The van der Waals surface area contributed by atoms with E-state index in [1.54, 1.807) is 29.7 Å². The minimum Gasteiger partial charge on any atom is -0.493 e. The third-order valence-electron chi connectivity index (χ3n) is 3.76. The molecule has 2 aromatic carbocycles. The lowest BCUT2D eigenvalue weighted by atomic mass is 10.2. The lowest BCUT2D eigenvalue weighted by Gasteiger charge is -2.11. The Kier molecular flexibility index (Phi) is 5.22. The Balaban J connectivity index is 1.92. The quantitative estimate of drug-likeness (QED) is 0.427. The molecule has 0 atom stereocenters. The molecule has 1 amide bonds. The fraction of sp³-hybridized carbons (Fsp3) is 0.118. The molecule has 3 rings (SSSR count). The number of hydrogen-bond donors (Lipinski definition) is 3. The fourth-order valence-corrected chi connectivity index (χ4v) is 4.52. The highest BCUT2D eigenvalue weighted by molar-refractivity contribution is 7.92. The monoisotopic (exact) mass is 408 g/mol. The molecular weight excluding hydrogens is 392 g/mol. The van der Waals surface area contributed by atoms with Crippen LogP contribution in [0.2, 0.25) is 0 Å². The maximum atomic E-state index is 12.7. The van der Waals surface area contributed by atoms with Crippen molar-refractivity contribution in [2.24, 2.45) is 0 Å². The first kappa shape index (κ1) is 19.0. The van der Waals surface area contributed by atoms with Gasteiger partial charge in [-0.05, 0) is 35.7 Å². The Labute approximate surface area is 159 Å². The molecule has 0 bridgehead atoms. The van der Waals surface area contributed by atoms with Crippen LogP contribution in [0.3, 0.4) is 0 Å². The van der Waals surface area contributed by atoms with E-state index in [-0.39, 0.29) is 4.90 Å². The third-order valence-corrected chi connectivity index (χ3v) is 6.24. The highest BCUT2D eigenvalue weighted by atomic mass is 32.2. The average Bonchev–Trinajstić information content (AvgIpc) is 3.09. The van der Waals surface area contributed by atoms with Gasteiger partial charge in [-0.1, -0.05) is 6.07 Å². The number of benzene rings is 2. The highest BCUT2D eigenvalue weighted by Gasteiger charge is 2.18. The van der Waals surface area contributed by atoms with Crippen LogP contribution in [0.15, 0.2) is 47.4 Å². The van der Waals surface area contributed by atoms with Gasteiger partial charge in [-0.3, -0.25) is 14.7 Å². The van der Waals surface area contributed by atoms with Gasteiger partial charge < -0.3 is 9.47 Å². The van der Waals surface area contributed by atoms with Crippen molar-refractivity contribution in [3.63, 3.8) is 0 Å². The molecule has 142 valence electrons. The number of thiophene rings is 1. The van der Waals surface area contributed by atoms with E-state index < -0.39 is 15.9 Å². The Morgan fingerprint density at radius 2 is 1.78 bits per heavy atom. The van der Waals surface area contributed by atoms with Crippen molar-refractivity contribution in [2.75, 3.05) is 18.9 Å². The number of anilines is 1. The maximum Gasteiger partial charge on any atom is 0.284 e. The second kappa shape index (κ2) is 7.43. The van der Waals surface area contributed by atoms with Crippen molar-refractivity contribution < 1.29 is 27.9 Å². The summed E-state index contributed by atoms with van der Waals surface area (Å²) in [5.74, 6) is 0.101. The number of fused-ring (bicyclic) bond motifs is 1. The van der Waals surface area contributed by atoms with Crippen LogP contribution in [0.4, 0.5) is 5.69 Å². The molecule has 0 aliphatic rings. The fourth-order valence-electron chi connectivity index (χ4n) is 2.46. The van der Waals surface area contributed by atoms with Crippen molar-refractivity contribution in [3.05, 3.63) is 47.3 Å². The Morgan fingerprint density at radius 3 is 2.44 bits per heavy atom. The van der Waals surface area contributed by atoms with Crippen LogP contribution in [0.25, 0.3) is 10.1 Å². The van der Waals surface area contributed by atoms with Crippen LogP contribution >= 0.6 is 11.3 Å². The van der Waals surface area contributed by atoms with E-state index in [0.717, 1.165) is 16.7 Å². The molecule has 1 aromatic heterocycles. The number of hydrogen-bond acceptors (Lipinski definition) is 7. The number of rotatable bonds is 6. The SMILES string of the molecule is COc1ccc(S(=O)(=O)Nc2ccc3cc(C(=O)NO)sc3c2)cc1OC. The predicted molar refractivity (Wildman–Crippen MR) is 101 cm³/mol. The third kappa shape index (κ3) is 3.82. The number of methoxy groups -OCH3 is 2. The van der Waals surface area contributed by atoms with E-state index in [1.165, 1.54) is 32.4 Å². The minimum absolute atomic E-state index is 0.0202. The second-order valence-electron chi connectivity index (χ2n) is 5.43. The van der Waals surface area contributed by atoms with Crippen LogP contribution < -0.4 is 19.7 Å². The highest BCUT2D eigenvalue weighted by Crippen LogP contribution is 2.32. The molecule has 8 nitrogen and oxygen atoms in total. The van der Waals surface area contributed by atoms with Gasteiger partial charge in [-0.15, -0.1) is 11.3 Å². The summed E-state index contributed by atoms with van der Waals surface area (Å²) >= 11 is 1.13. The summed E-state index contributed by atoms with van der Waals surface area (Å²) in [5.41, 5.74) is 1.92. The van der Waals surface area contributed by atoms with Gasteiger partial charge in [0, 0.05) is 10.8 Å². The number of amides is 1. The molecule has 0 aliphatic heterocycles. The van der Waals surface area contributed by atoms with Crippen LogP contribution in [0, 0.1) is 0 Å². The molecule has 0 aliphatic carbocycles. The smallest absolute Gasteiger partial charge is 0.284 e. The molecule has 0 unspecified atom stereocenters. The minimum atomic E-state index is -3.85. The van der Waals surface area contributed by atoms with Gasteiger partial charge in [-0.25, -0.2) is 13.9 Å². The average molecular weight is 408 g/mol. The van der Waals surface area contributed by atoms with Crippen molar-refractivity contribution in [1.29, 1.82) is 0 Å². The van der Waals surface area contributed by atoms with E-state index in [9.17, 15) is 13.2 Å². The second-order valence-corrected chi connectivity index (χ2v) is 8.19. The zero-order valence-corrected chi connectivity index (χ0v) is 16.0. The van der Waals surface area contributed by atoms with Gasteiger partial charge in [0.05, 0.1) is 29.7 Å². The van der Waals surface area contributed by atoms with E-state index in [2.05, 4.69) is 4.72 Å². The number of nitrogens with one attached hydrogen (secondary N) is 2. The molecule has 10 heteroatoms. The largest absolute Gasteiger partial charge is 0.493 e. The van der Waals surface area contributed by atoms with Gasteiger partial charge in [0.2, 0.25) is 0 Å². The summed E-state index contributed by atoms with van der Waals surface area (Å²) in [6.45, 7) is 0. The Hall–Kier alpha value is -2.82. The lowest BCUT2D eigenvalue weighted by Crippen LogP contribution is -2.16. The summed E-state index contributed by atoms with van der Waals surface area (Å²) in [5, 5.41) is 9.48. The van der Waals surface area contributed by atoms with E-state index in [4.69, 9.17) is 14.7 Å². The number of carbonyl (C=O) groups excluding carboxylic acids is 1. The standard InChI is InChI=1S/C17H16N2O6S2/c1-24-13-6-5-12(9-14(13)25-2)27(22,23)19-11-4-3-10-7-16(17(20)18-21)26-15(10)8-11/h3-9,19,21H,1-2H3,(H,18,20). The number of sulfonamides is 1. The molecule has 0 radical (unpaired) electrons. The topological polar surface area (TPSA) is 114 Å². The molecule has 0 saturated heterocycles. The van der Waals surface area contributed by atoms with Gasteiger partial charge in [-0.2, -0.15) is 0 Å². The van der Waals surface area contributed by atoms with Gasteiger partial charge in [0.15, 0.2) is 11.5 Å². The van der Waals surface area contributed by atoms with Crippen molar-refractivity contribution in [1.82, 2.24) is 5.48 Å². The van der Waals surface area contributed by atoms with E-state index in [0.29, 0.717) is 26.8 Å². The molecule has 0 saturated carbocycles. The number of ether oxygens (including phenoxy) is 2. The summed E-state index contributed by atoms with van der Waals surface area (Å²) in [6, 6.07) is 10.8. The van der Waals surface area contributed by atoms with E-state index in [1.807, 2.05) is 0 Å². The normalized spacial score (nSPS) is 11.2. The van der Waals surface area contributed by atoms with Crippen LogP contribution in [-0.4, -0.2) is 33.8 Å². The molecule has 3 aromatic rings. The number of carbonyl (C=O) groups is 1. The predicted octanol–water partition coefficient (Wildman–Crippen LogP) is 2.84. The number of hydroxylamine groups is 1. The first-order valence-corrected chi connectivity index (χ1v) is 9.91. The molecule has 0 fully saturated rings. The molecule has 27 heavy (non-hydrogen) atoms. The summed E-state index contributed by atoms with van der Waals surface area (Å²) in [4.78, 5) is 11.8. The van der Waals surface area contributed by atoms with Gasteiger partial charge >= 0.3 is 0 Å². The van der Waals surface area contributed by atoms with Crippen LogP contribution in [-0.2, 0) is 10.0 Å². The maximum absolute atomic E-state index is 12.7. The van der Waals surface area contributed by atoms with Crippen molar-refractivity contribution in [2.45, 2.75) is 4.90 Å². The molecular formula is C17H16N2O6S2. The summed E-state index contributed by atoms with van der Waals surface area (Å²) < 4.78 is 38.8. The zero-order chi connectivity index (χ0) is 19.6. The molecule has 1 heterocycles. The first-order chi connectivity index (χ1) is 12.9. The first-order valence-electron chi connectivity index (χ1n) is 7.61. The van der Waals surface area contributed by atoms with Crippen molar-refractivity contribution >= 4 is 43.0 Å². The molecule has 3 N–H and O–H groups in total. The Bertz CT molecular complexity index is 1110. The lowest BCUT2D eigenvalue weighted by molar-refractivity contribution is 0.0711. The molecule has 0 spiro atoms. The van der Waals surface area contributed by atoms with Crippen LogP contribution in [0.1, 0.15) is 9.67 Å². The zero-order valence-electron chi connectivity index (χ0n) is 14.3. The summed E-state index contributed by atoms with van der Waals surface area (Å²) in [7, 11) is -0.967. The van der Waals surface area contributed by atoms with Gasteiger partial charge in [0.25, 0.3) is 15.9 Å². The Morgan fingerprint density at radius 1 is 1.04 bits per heavy atom. The van der Waals surface area contributed by atoms with Crippen molar-refractivity contribution in [3.8, 4) is 11.5 Å². The van der Waals surface area contributed by atoms with Crippen LogP contribution in [0.5, 0.6) is 11.5 Å². The van der Waals surface area contributed by atoms with Gasteiger partial charge in [0.1, 0.15) is 0 Å². The summed E-state index contributed by atoms with van der Waals surface area (Å²) in [6.07, 6.45) is 0. The van der Waals surface area contributed by atoms with E-state index >= 15 is 0 Å².